The Balaban J connectivity index is 1.65. The van der Waals surface area contributed by atoms with Crippen molar-refractivity contribution in [2.75, 3.05) is 17.9 Å². The van der Waals surface area contributed by atoms with E-state index < -0.39 is 5.25 Å². The van der Waals surface area contributed by atoms with Gasteiger partial charge >= 0.3 is 0 Å². The minimum atomic E-state index is -0.412. The normalized spacial score (nSPS) is 17.7. The van der Waals surface area contributed by atoms with Gasteiger partial charge in [-0.2, -0.15) is 0 Å². The van der Waals surface area contributed by atoms with E-state index in [0.29, 0.717) is 16.6 Å². The molecule has 0 saturated carbocycles. The number of methoxy groups -OCH3 is 1. The van der Waals surface area contributed by atoms with Crippen LogP contribution in [-0.2, 0) is 11.2 Å². The number of ether oxygens (including phenoxy) is 1. The number of nitrogens with one attached hydrogen (secondary N) is 2. The summed E-state index contributed by atoms with van der Waals surface area (Å²) < 4.78 is 7.19. The molecule has 0 unspecified atom stereocenters. The van der Waals surface area contributed by atoms with E-state index in [1.54, 1.807) is 7.11 Å². The number of hydrogen-bond acceptors (Lipinski definition) is 6. The maximum atomic E-state index is 13.3. The zero-order valence-electron chi connectivity index (χ0n) is 17.3. The molecule has 1 amide bonds. The van der Waals surface area contributed by atoms with Gasteiger partial charge in [0.15, 0.2) is 5.82 Å². The van der Waals surface area contributed by atoms with E-state index in [1.807, 2.05) is 28.9 Å². The van der Waals surface area contributed by atoms with E-state index in [1.165, 1.54) is 17.3 Å². The summed E-state index contributed by atoms with van der Waals surface area (Å²) >= 11 is 1.43. The number of thioether (sulfide) groups is 1. The first-order valence-corrected chi connectivity index (χ1v) is 10.9. The highest BCUT2D eigenvalue weighted by atomic mass is 32.2. The number of aryl methyl sites for hydroxylation is 2. The second-order valence-electron chi connectivity index (χ2n) is 7.26. The van der Waals surface area contributed by atoms with Crippen molar-refractivity contribution < 1.29 is 9.53 Å². The monoisotopic (exact) mass is 423 g/mol. The first-order valence-electron chi connectivity index (χ1n) is 9.98. The zero-order valence-corrected chi connectivity index (χ0v) is 18.1. The van der Waals surface area contributed by atoms with Crippen LogP contribution in [0.5, 0.6) is 5.75 Å². The quantitative estimate of drug-likeness (QED) is 0.625. The third-order valence-electron chi connectivity index (χ3n) is 5.01. The van der Waals surface area contributed by atoms with Crippen molar-refractivity contribution in [1.82, 2.24) is 14.9 Å². The predicted molar refractivity (Wildman–Crippen MR) is 119 cm³/mol. The van der Waals surface area contributed by atoms with Gasteiger partial charge in [0, 0.05) is 18.2 Å². The number of fused-ring (bicyclic) bond motifs is 1. The number of carbonyl (C=O) groups excluding carboxylic acids is 1. The lowest BCUT2D eigenvalue weighted by Crippen LogP contribution is -2.41. The van der Waals surface area contributed by atoms with E-state index in [9.17, 15) is 4.79 Å². The molecule has 7 nitrogen and oxygen atoms in total. The maximum Gasteiger partial charge on any atom is 0.240 e. The number of benzene rings is 2. The van der Waals surface area contributed by atoms with E-state index in [-0.39, 0.29) is 11.9 Å². The number of amides is 1. The Hall–Kier alpha value is -3.00. The molecule has 30 heavy (non-hydrogen) atoms. The minimum Gasteiger partial charge on any atom is -0.497 e. The second kappa shape index (κ2) is 8.79. The standard InChI is InChI=1S/C22H25N5O2S/c1-4-6-18-24-25-22-27(18)26-19(15-11-9-14(2)10-12-15)20(30-22)21(28)23-16-7-5-8-17(13-16)29-3/h5,7-13,19-20,26H,4,6H2,1-3H3,(H,23,28)/t19-,20+/m1/s1. The van der Waals surface area contributed by atoms with Gasteiger partial charge in [-0.25, -0.2) is 4.68 Å². The van der Waals surface area contributed by atoms with Gasteiger partial charge < -0.3 is 15.5 Å². The molecule has 4 rings (SSSR count). The lowest BCUT2D eigenvalue weighted by atomic mass is 10.0. The van der Waals surface area contributed by atoms with Gasteiger partial charge in [0.1, 0.15) is 11.0 Å². The van der Waals surface area contributed by atoms with Crippen molar-refractivity contribution in [3.63, 3.8) is 0 Å². The summed E-state index contributed by atoms with van der Waals surface area (Å²) in [6.07, 6.45) is 1.79. The Morgan fingerprint density at radius 1 is 1.23 bits per heavy atom. The zero-order chi connectivity index (χ0) is 21.1. The summed E-state index contributed by atoms with van der Waals surface area (Å²) in [6, 6.07) is 15.4. The molecule has 3 aromatic rings. The summed E-state index contributed by atoms with van der Waals surface area (Å²) in [7, 11) is 1.61. The molecule has 2 atom stereocenters. The van der Waals surface area contributed by atoms with E-state index in [4.69, 9.17) is 4.74 Å². The number of nitrogens with zero attached hydrogens (tertiary/aromatic N) is 3. The van der Waals surface area contributed by atoms with Crippen LogP contribution in [0.1, 0.15) is 36.3 Å². The van der Waals surface area contributed by atoms with Gasteiger partial charge in [0.05, 0.1) is 13.2 Å². The highest BCUT2D eigenvalue weighted by molar-refractivity contribution is 8.00. The summed E-state index contributed by atoms with van der Waals surface area (Å²) in [5.41, 5.74) is 6.41. The number of hydrogen-bond donors (Lipinski definition) is 2. The fourth-order valence-electron chi connectivity index (χ4n) is 3.42. The van der Waals surface area contributed by atoms with Crippen LogP contribution in [0.25, 0.3) is 0 Å². The number of anilines is 1. The SMILES string of the molecule is CCCc1nnc2n1N[C@H](c1ccc(C)cc1)[C@@H](C(=O)Nc1cccc(OC)c1)S2. The topological polar surface area (TPSA) is 81.1 Å². The third-order valence-corrected chi connectivity index (χ3v) is 6.22. The Bertz CT molecular complexity index is 1030. The van der Waals surface area contributed by atoms with Crippen molar-refractivity contribution in [1.29, 1.82) is 0 Å². The van der Waals surface area contributed by atoms with Crippen LogP contribution >= 0.6 is 11.8 Å². The molecular formula is C22H25N5O2S. The van der Waals surface area contributed by atoms with Crippen molar-refractivity contribution in [2.45, 2.75) is 43.1 Å². The fourth-order valence-corrected chi connectivity index (χ4v) is 4.52. The largest absolute Gasteiger partial charge is 0.497 e. The summed E-state index contributed by atoms with van der Waals surface area (Å²) in [6.45, 7) is 4.16. The van der Waals surface area contributed by atoms with Crippen LogP contribution in [0, 0.1) is 6.92 Å². The number of carbonyl (C=O) groups is 1. The molecule has 2 heterocycles. The highest BCUT2D eigenvalue weighted by Crippen LogP contribution is 2.38. The highest BCUT2D eigenvalue weighted by Gasteiger charge is 2.37. The van der Waals surface area contributed by atoms with Crippen LogP contribution < -0.4 is 15.5 Å². The van der Waals surface area contributed by atoms with Gasteiger partial charge in [-0.1, -0.05) is 54.6 Å². The Kier molecular flexibility index (Phi) is 5.94. The first-order chi connectivity index (χ1) is 14.6. The molecule has 0 saturated heterocycles. The van der Waals surface area contributed by atoms with Crippen LogP contribution in [0.4, 0.5) is 5.69 Å². The van der Waals surface area contributed by atoms with Crippen LogP contribution in [0.15, 0.2) is 53.7 Å². The van der Waals surface area contributed by atoms with Gasteiger partial charge in [-0.3, -0.25) is 4.79 Å². The third kappa shape index (κ3) is 4.14. The van der Waals surface area contributed by atoms with Crippen molar-refractivity contribution in [2.24, 2.45) is 0 Å². The maximum absolute atomic E-state index is 13.3. The molecule has 1 aliphatic rings. The van der Waals surface area contributed by atoms with E-state index in [0.717, 1.165) is 24.2 Å². The molecule has 0 spiro atoms. The van der Waals surface area contributed by atoms with Gasteiger partial charge in [-0.15, -0.1) is 10.2 Å². The lowest BCUT2D eigenvalue weighted by molar-refractivity contribution is -0.116. The Morgan fingerprint density at radius 2 is 2.03 bits per heavy atom. The summed E-state index contributed by atoms with van der Waals surface area (Å²) in [4.78, 5) is 13.3. The van der Waals surface area contributed by atoms with E-state index in [2.05, 4.69) is 59.1 Å². The molecule has 8 heteroatoms. The van der Waals surface area contributed by atoms with Crippen molar-refractivity contribution in [3.05, 3.63) is 65.5 Å². The molecule has 156 valence electrons. The van der Waals surface area contributed by atoms with Gasteiger partial charge in [-0.05, 0) is 31.0 Å². The summed E-state index contributed by atoms with van der Waals surface area (Å²) in [5, 5.41) is 11.9. The van der Waals surface area contributed by atoms with Crippen LogP contribution in [0.3, 0.4) is 0 Å². The molecular weight excluding hydrogens is 398 g/mol. The number of rotatable bonds is 6. The average Bonchev–Trinajstić information content (AvgIpc) is 3.15. The van der Waals surface area contributed by atoms with Crippen molar-refractivity contribution in [3.8, 4) is 5.75 Å². The molecule has 0 fully saturated rings. The smallest absolute Gasteiger partial charge is 0.240 e. The molecule has 0 bridgehead atoms. The Labute approximate surface area is 180 Å². The first kappa shape index (κ1) is 20.3. The fraction of sp³-hybridized carbons (Fsp3) is 0.318. The van der Waals surface area contributed by atoms with E-state index >= 15 is 0 Å². The molecule has 2 N–H and O–H groups in total. The average molecular weight is 424 g/mol. The van der Waals surface area contributed by atoms with Crippen molar-refractivity contribution >= 4 is 23.4 Å². The minimum absolute atomic E-state index is 0.0994. The molecule has 1 aliphatic heterocycles. The van der Waals surface area contributed by atoms with Gasteiger partial charge in [0.2, 0.25) is 11.1 Å². The lowest BCUT2D eigenvalue weighted by Gasteiger charge is -2.33. The Morgan fingerprint density at radius 3 is 2.77 bits per heavy atom. The second-order valence-corrected chi connectivity index (χ2v) is 8.37. The predicted octanol–water partition coefficient (Wildman–Crippen LogP) is 3.95. The van der Waals surface area contributed by atoms with Gasteiger partial charge in [0.25, 0.3) is 0 Å². The molecule has 0 aliphatic carbocycles. The molecule has 2 aromatic carbocycles. The van der Waals surface area contributed by atoms with Crippen LogP contribution in [-0.4, -0.2) is 33.1 Å². The number of aromatic nitrogens is 3. The molecule has 1 aromatic heterocycles. The summed E-state index contributed by atoms with van der Waals surface area (Å²) in [5.74, 6) is 1.47. The van der Waals surface area contributed by atoms with Crippen LogP contribution in [0.2, 0.25) is 0 Å². The molecule has 0 radical (unpaired) electrons.